The van der Waals surface area contributed by atoms with Crippen molar-refractivity contribution in [1.82, 2.24) is 9.29 Å². The van der Waals surface area contributed by atoms with E-state index in [0.29, 0.717) is 29.7 Å². The van der Waals surface area contributed by atoms with E-state index in [4.69, 9.17) is 4.74 Å². The molecule has 0 fully saturated rings. The van der Waals surface area contributed by atoms with Gasteiger partial charge in [0.05, 0.1) is 31.3 Å². The minimum absolute atomic E-state index is 0.137. The van der Waals surface area contributed by atoms with Gasteiger partial charge in [0.2, 0.25) is 5.91 Å². The van der Waals surface area contributed by atoms with Crippen molar-refractivity contribution >= 4 is 47.0 Å². The Morgan fingerprint density at radius 2 is 1.69 bits per heavy atom. The zero-order valence-electron chi connectivity index (χ0n) is 21.2. The van der Waals surface area contributed by atoms with Gasteiger partial charge in [-0.2, -0.15) is 0 Å². The first-order chi connectivity index (χ1) is 16.9. The maximum Gasteiger partial charge on any atom is 0.330 e. The fourth-order valence-electron chi connectivity index (χ4n) is 3.71. The van der Waals surface area contributed by atoms with Gasteiger partial charge in [-0.25, -0.2) is 17.2 Å². The largest absolute Gasteiger partial charge is 0.466 e. The number of aromatic nitrogens is 1. The number of rotatable bonds is 9. The van der Waals surface area contributed by atoms with Gasteiger partial charge < -0.3 is 10.1 Å². The fourth-order valence-corrected chi connectivity index (χ4v) is 5.90. The number of ether oxygens (including phenoxy) is 1. The molecule has 2 aromatic carbocycles. The summed E-state index contributed by atoms with van der Waals surface area (Å²) in [5.41, 5.74) is 4.44. The van der Waals surface area contributed by atoms with Crippen LogP contribution in [-0.2, 0) is 30.8 Å². The van der Waals surface area contributed by atoms with Crippen LogP contribution in [0.15, 0.2) is 71.3 Å². The van der Waals surface area contributed by atoms with E-state index in [1.165, 1.54) is 23.2 Å². The third-order valence-corrected chi connectivity index (χ3v) is 8.43. The number of esters is 1. The van der Waals surface area contributed by atoms with Crippen LogP contribution in [-0.4, -0.2) is 46.0 Å². The number of fused-ring (bicyclic) bond motifs is 1. The topological polar surface area (TPSA) is 94.5 Å². The van der Waals surface area contributed by atoms with Crippen LogP contribution in [0.5, 0.6) is 0 Å². The van der Waals surface area contributed by atoms with E-state index in [-0.39, 0.29) is 10.8 Å². The van der Waals surface area contributed by atoms with E-state index in [2.05, 4.69) is 25.0 Å². The summed E-state index contributed by atoms with van der Waals surface area (Å²) in [7, 11) is -4.25. The van der Waals surface area contributed by atoms with E-state index in [0.717, 1.165) is 10.9 Å². The number of para-hydroxylation sites is 1. The standard InChI is InChI=1S/C27H32N2O5SSi/c1-20-10-12-21(13-11-20)35(32,33)29-24-9-7-6-8-22(24)23(25(29)14-15-27(31)34-2)16-18-28-26(30)17-19-36(3,4)5/h6-15,17,19H,16,18H2,1-5H3,(H,28,30)/b15-14+,19-17+. The molecule has 0 spiro atoms. The van der Waals surface area contributed by atoms with Crippen molar-refractivity contribution in [1.29, 1.82) is 0 Å². The number of nitrogens with zero attached hydrogens (tertiary/aromatic N) is 1. The van der Waals surface area contributed by atoms with Gasteiger partial charge in [0, 0.05) is 18.0 Å². The van der Waals surface area contributed by atoms with Gasteiger partial charge in [0.25, 0.3) is 10.0 Å². The summed E-state index contributed by atoms with van der Waals surface area (Å²) in [4.78, 5) is 24.4. The first-order valence-electron chi connectivity index (χ1n) is 11.6. The van der Waals surface area contributed by atoms with Crippen LogP contribution in [0.4, 0.5) is 0 Å². The maximum atomic E-state index is 13.8. The maximum absolute atomic E-state index is 13.8. The summed E-state index contributed by atoms with van der Waals surface area (Å²) in [5.74, 6) is -0.796. The molecule has 1 amide bonds. The van der Waals surface area contributed by atoms with E-state index >= 15 is 0 Å². The molecule has 1 heterocycles. The predicted octanol–water partition coefficient (Wildman–Crippen LogP) is 4.47. The van der Waals surface area contributed by atoms with Gasteiger partial charge in [-0.05, 0) is 49.3 Å². The van der Waals surface area contributed by atoms with E-state index in [1.54, 1.807) is 42.5 Å². The number of carbonyl (C=O) groups excluding carboxylic acids is 2. The molecule has 3 rings (SSSR count). The van der Waals surface area contributed by atoms with Gasteiger partial charge in [-0.15, -0.1) is 0 Å². The van der Waals surface area contributed by atoms with Gasteiger partial charge in [-0.3, -0.25) is 4.79 Å². The Balaban J connectivity index is 2.10. The zero-order chi connectivity index (χ0) is 26.5. The molecule has 0 radical (unpaired) electrons. The van der Waals surface area contributed by atoms with E-state index in [9.17, 15) is 18.0 Å². The van der Waals surface area contributed by atoms with Crippen LogP contribution in [0.1, 0.15) is 16.8 Å². The van der Waals surface area contributed by atoms with Crippen molar-refractivity contribution in [3.8, 4) is 0 Å². The molecular weight excluding hydrogens is 492 g/mol. The monoisotopic (exact) mass is 524 g/mol. The molecule has 0 saturated carbocycles. The number of hydrogen-bond acceptors (Lipinski definition) is 5. The lowest BCUT2D eigenvalue weighted by atomic mass is 10.1. The van der Waals surface area contributed by atoms with Crippen molar-refractivity contribution in [2.24, 2.45) is 0 Å². The fraction of sp³-hybridized carbons (Fsp3) is 0.259. The Morgan fingerprint density at radius 1 is 1.03 bits per heavy atom. The van der Waals surface area contributed by atoms with Crippen LogP contribution >= 0.6 is 0 Å². The molecule has 0 unspecified atom stereocenters. The third kappa shape index (κ3) is 6.41. The molecule has 7 nitrogen and oxygen atoms in total. The lowest BCUT2D eigenvalue weighted by molar-refractivity contribution is -0.134. The van der Waals surface area contributed by atoms with Crippen molar-refractivity contribution in [3.63, 3.8) is 0 Å². The number of benzene rings is 2. The summed E-state index contributed by atoms with van der Waals surface area (Å²) < 4.78 is 33.6. The Bertz CT molecular complexity index is 1430. The molecule has 0 aliphatic carbocycles. The highest BCUT2D eigenvalue weighted by molar-refractivity contribution is 7.90. The first-order valence-corrected chi connectivity index (χ1v) is 16.6. The van der Waals surface area contributed by atoms with Crippen LogP contribution < -0.4 is 5.32 Å². The Morgan fingerprint density at radius 3 is 2.33 bits per heavy atom. The predicted molar refractivity (Wildman–Crippen MR) is 146 cm³/mol. The zero-order valence-corrected chi connectivity index (χ0v) is 23.1. The molecule has 0 atom stereocenters. The van der Waals surface area contributed by atoms with Gasteiger partial charge >= 0.3 is 5.97 Å². The number of hydrogen-bond donors (Lipinski definition) is 1. The van der Waals surface area contributed by atoms with Gasteiger partial charge in [0.15, 0.2) is 0 Å². The highest BCUT2D eigenvalue weighted by atomic mass is 32.2. The molecule has 0 aliphatic rings. The number of carbonyl (C=O) groups is 2. The lowest BCUT2D eigenvalue weighted by Crippen LogP contribution is -2.25. The number of methoxy groups -OCH3 is 1. The molecule has 0 saturated heterocycles. The molecule has 3 aromatic rings. The van der Waals surface area contributed by atoms with Crippen LogP contribution in [0, 0.1) is 6.92 Å². The first kappa shape index (κ1) is 27.2. The minimum Gasteiger partial charge on any atom is -0.466 e. The van der Waals surface area contributed by atoms with Crippen molar-refractivity contribution in [2.45, 2.75) is 37.9 Å². The second kappa shape index (κ2) is 11.1. The molecule has 9 heteroatoms. The molecule has 1 N–H and O–H groups in total. The highest BCUT2D eigenvalue weighted by Gasteiger charge is 2.26. The normalized spacial score (nSPS) is 12.5. The second-order valence-electron chi connectivity index (χ2n) is 9.56. The smallest absolute Gasteiger partial charge is 0.330 e. The number of amides is 1. The Hall–Kier alpha value is -3.43. The van der Waals surface area contributed by atoms with E-state index < -0.39 is 24.1 Å². The summed E-state index contributed by atoms with van der Waals surface area (Å²) in [6.07, 6.45) is 4.59. The molecule has 190 valence electrons. The summed E-state index contributed by atoms with van der Waals surface area (Å²) in [5, 5.41) is 3.61. The quantitative estimate of drug-likeness (QED) is 0.253. The molecule has 1 aromatic heterocycles. The van der Waals surface area contributed by atoms with Crippen LogP contribution in [0.2, 0.25) is 19.6 Å². The SMILES string of the molecule is COC(=O)/C=C/c1c(CCNC(=O)/C=C/[Si](C)(C)C)c2ccccc2n1S(=O)(=O)c1ccc(C)cc1. The van der Waals surface area contributed by atoms with Crippen molar-refractivity contribution < 1.29 is 22.7 Å². The minimum atomic E-state index is -3.99. The second-order valence-corrected chi connectivity index (χ2v) is 16.4. The molecule has 0 aliphatic heterocycles. The lowest BCUT2D eigenvalue weighted by Gasteiger charge is -2.12. The average molecular weight is 525 g/mol. The van der Waals surface area contributed by atoms with Gasteiger partial charge in [0.1, 0.15) is 0 Å². The molecule has 36 heavy (non-hydrogen) atoms. The Labute approximate surface area is 213 Å². The third-order valence-electron chi connectivity index (χ3n) is 5.52. The number of nitrogens with one attached hydrogen (secondary N) is 1. The van der Waals surface area contributed by atoms with Gasteiger partial charge in [-0.1, -0.05) is 61.2 Å². The Kier molecular flexibility index (Phi) is 8.37. The van der Waals surface area contributed by atoms with Crippen molar-refractivity contribution in [3.05, 3.63) is 83.2 Å². The highest BCUT2D eigenvalue weighted by Crippen LogP contribution is 2.32. The molecular formula is C27H32N2O5SSi. The van der Waals surface area contributed by atoms with Crippen molar-refractivity contribution in [2.75, 3.05) is 13.7 Å². The summed E-state index contributed by atoms with van der Waals surface area (Å²) in [6.45, 7) is 8.60. The van der Waals surface area contributed by atoms with Crippen LogP contribution in [0.3, 0.4) is 0 Å². The molecule has 0 bridgehead atoms. The van der Waals surface area contributed by atoms with E-state index in [1.807, 2.05) is 24.8 Å². The summed E-state index contributed by atoms with van der Waals surface area (Å²) in [6, 6.07) is 13.8. The average Bonchev–Trinajstić information content (AvgIpc) is 3.15. The summed E-state index contributed by atoms with van der Waals surface area (Å²) >= 11 is 0. The van der Waals surface area contributed by atoms with Crippen LogP contribution in [0.25, 0.3) is 17.0 Å². The number of aryl methyl sites for hydroxylation is 1.